The lowest BCUT2D eigenvalue weighted by Crippen LogP contribution is -2.56. The van der Waals surface area contributed by atoms with Crippen molar-refractivity contribution < 1.29 is 14.7 Å². The molecule has 6 heteroatoms. The number of rotatable bonds is 1. The number of hydrogen-bond acceptors (Lipinski definition) is 2. The average Bonchev–Trinajstić information content (AvgIpc) is 2.46. The number of hydrogen-bond donors (Lipinski definition) is 2. The Morgan fingerprint density at radius 1 is 1.30 bits per heavy atom. The maximum Gasteiger partial charge on any atom is 0.408 e. The van der Waals surface area contributed by atoms with Crippen LogP contribution in [0.1, 0.15) is 24.8 Å². The lowest BCUT2D eigenvalue weighted by molar-refractivity contribution is 0.0379. The van der Waals surface area contributed by atoms with Crippen LogP contribution in [-0.2, 0) is 6.54 Å². The molecule has 1 saturated heterocycles. The third kappa shape index (κ3) is 2.17. The summed E-state index contributed by atoms with van der Waals surface area (Å²) in [6.45, 7) is 0.946. The highest BCUT2D eigenvalue weighted by Gasteiger charge is 2.36. The normalized spacial score (nSPS) is 22.2. The van der Waals surface area contributed by atoms with Crippen molar-refractivity contribution in [3.8, 4) is 0 Å². The van der Waals surface area contributed by atoms with Gasteiger partial charge in [-0.2, -0.15) is 0 Å². The van der Waals surface area contributed by atoms with E-state index >= 15 is 0 Å². The highest BCUT2D eigenvalue weighted by molar-refractivity contribution is 5.92. The molecular formula is C14H17N3O3. The zero-order valence-electron chi connectivity index (χ0n) is 11.1. The first-order chi connectivity index (χ1) is 9.66. The minimum Gasteiger partial charge on any atom is -0.465 e. The second-order valence-corrected chi connectivity index (χ2v) is 5.17. The van der Waals surface area contributed by atoms with Crippen LogP contribution in [0.25, 0.3) is 0 Å². The van der Waals surface area contributed by atoms with Crippen LogP contribution in [0.15, 0.2) is 24.3 Å². The SMILES string of the molecule is O=C(O)N1CCCCC1N1Cc2ccccc2NC1=O. The summed E-state index contributed by atoms with van der Waals surface area (Å²) in [5, 5.41) is 12.1. The predicted molar refractivity (Wildman–Crippen MR) is 73.4 cm³/mol. The van der Waals surface area contributed by atoms with Gasteiger partial charge in [-0.25, -0.2) is 9.59 Å². The first-order valence-corrected chi connectivity index (χ1v) is 6.82. The number of carboxylic acid groups (broad SMARTS) is 1. The monoisotopic (exact) mass is 275 g/mol. The van der Waals surface area contributed by atoms with E-state index in [1.54, 1.807) is 4.90 Å². The number of nitrogens with zero attached hydrogens (tertiary/aromatic N) is 2. The van der Waals surface area contributed by atoms with Gasteiger partial charge in [-0.05, 0) is 30.9 Å². The van der Waals surface area contributed by atoms with E-state index in [1.807, 2.05) is 24.3 Å². The van der Waals surface area contributed by atoms with E-state index in [2.05, 4.69) is 5.32 Å². The molecule has 0 bridgehead atoms. The van der Waals surface area contributed by atoms with E-state index in [0.717, 1.165) is 24.1 Å². The van der Waals surface area contributed by atoms with Gasteiger partial charge in [0.05, 0.1) is 6.54 Å². The van der Waals surface area contributed by atoms with Crippen molar-refractivity contribution in [3.05, 3.63) is 29.8 Å². The lowest BCUT2D eigenvalue weighted by atomic mass is 10.0. The Morgan fingerprint density at radius 2 is 2.10 bits per heavy atom. The van der Waals surface area contributed by atoms with Crippen molar-refractivity contribution in [2.24, 2.45) is 0 Å². The standard InChI is InChI=1S/C14H17N3O3/c18-13-15-11-6-2-1-5-10(11)9-17(13)12-7-3-4-8-16(12)14(19)20/h1-2,5-6,12H,3-4,7-9H2,(H,15,18)(H,19,20). The molecule has 1 aromatic carbocycles. The van der Waals surface area contributed by atoms with E-state index in [9.17, 15) is 14.7 Å². The van der Waals surface area contributed by atoms with Crippen molar-refractivity contribution in [2.75, 3.05) is 11.9 Å². The van der Waals surface area contributed by atoms with Crippen molar-refractivity contribution in [1.29, 1.82) is 0 Å². The Kier molecular flexibility index (Phi) is 3.22. The Labute approximate surface area is 117 Å². The van der Waals surface area contributed by atoms with E-state index in [0.29, 0.717) is 19.5 Å². The molecule has 3 rings (SSSR count). The molecule has 0 spiro atoms. The van der Waals surface area contributed by atoms with Crippen LogP contribution in [0, 0.1) is 0 Å². The second kappa shape index (κ2) is 5.03. The number of urea groups is 1. The Morgan fingerprint density at radius 3 is 2.90 bits per heavy atom. The first-order valence-electron chi connectivity index (χ1n) is 6.82. The van der Waals surface area contributed by atoms with Gasteiger partial charge < -0.3 is 10.4 Å². The van der Waals surface area contributed by atoms with Crippen LogP contribution in [-0.4, -0.2) is 39.7 Å². The molecule has 1 atom stereocenters. The van der Waals surface area contributed by atoms with Crippen molar-refractivity contribution in [1.82, 2.24) is 9.80 Å². The number of carbonyl (C=O) groups excluding carboxylic acids is 1. The van der Waals surface area contributed by atoms with E-state index < -0.39 is 6.09 Å². The highest BCUT2D eigenvalue weighted by atomic mass is 16.4. The van der Waals surface area contributed by atoms with Gasteiger partial charge >= 0.3 is 12.1 Å². The van der Waals surface area contributed by atoms with E-state index in [-0.39, 0.29) is 12.2 Å². The van der Waals surface area contributed by atoms with Gasteiger partial charge in [0.15, 0.2) is 0 Å². The highest BCUT2D eigenvalue weighted by Crippen LogP contribution is 2.28. The number of amides is 3. The van der Waals surface area contributed by atoms with Gasteiger partial charge in [-0.15, -0.1) is 0 Å². The molecule has 0 radical (unpaired) electrons. The molecule has 3 amide bonds. The fourth-order valence-electron chi connectivity index (χ4n) is 2.92. The van der Waals surface area contributed by atoms with Crippen molar-refractivity contribution in [3.63, 3.8) is 0 Å². The Balaban J connectivity index is 1.86. The fourth-order valence-corrected chi connectivity index (χ4v) is 2.92. The number of para-hydroxylation sites is 1. The molecule has 106 valence electrons. The van der Waals surface area contributed by atoms with Crippen LogP contribution in [0.5, 0.6) is 0 Å². The van der Waals surface area contributed by atoms with Crippen LogP contribution in [0.2, 0.25) is 0 Å². The van der Waals surface area contributed by atoms with Gasteiger partial charge in [-0.3, -0.25) is 9.80 Å². The first kappa shape index (κ1) is 12.8. The molecule has 2 aliphatic heterocycles. The fraction of sp³-hybridized carbons (Fsp3) is 0.429. The zero-order chi connectivity index (χ0) is 14.1. The van der Waals surface area contributed by atoms with Gasteiger partial charge in [0, 0.05) is 12.2 Å². The van der Waals surface area contributed by atoms with Gasteiger partial charge in [-0.1, -0.05) is 18.2 Å². The molecule has 2 N–H and O–H groups in total. The molecule has 20 heavy (non-hydrogen) atoms. The van der Waals surface area contributed by atoms with Crippen LogP contribution in [0.3, 0.4) is 0 Å². The summed E-state index contributed by atoms with van der Waals surface area (Å²) in [7, 11) is 0. The van der Waals surface area contributed by atoms with Crippen molar-refractivity contribution in [2.45, 2.75) is 32.0 Å². The topological polar surface area (TPSA) is 72.9 Å². The number of nitrogens with one attached hydrogen (secondary N) is 1. The summed E-state index contributed by atoms with van der Waals surface area (Å²) in [6, 6.07) is 7.39. The summed E-state index contributed by atoms with van der Waals surface area (Å²) in [5.74, 6) is 0. The number of anilines is 1. The molecule has 1 aromatic rings. The van der Waals surface area contributed by atoms with Gasteiger partial charge in [0.25, 0.3) is 0 Å². The molecule has 6 nitrogen and oxygen atoms in total. The number of likely N-dealkylation sites (tertiary alicyclic amines) is 1. The Bertz CT molecular complexity index is 546. The number of benzene rings is 1. The Hall–Kier alpha value is -2.24. The summed E-state index contributed by atoms with van der Waals surface area (Å²) in [6.07, 6.45) is 1.17. The van der Waals surface area contributed by atoms with Gasteiger partial charge in [0.1, 0.15) is 6.17 Å². The minimum atomic E-state index is -0.957. The number of carbonyl (C=O) groups is 2. The average molecular weight is 275 g/mol. The van der Waals surface area contributed by atoms with E-state index in [4.69, 9.17) is 0 Å². The molecule has 0 aromatic heterocycles. The van der Waals surface area contributed by atoms with Crippen molar-refractivity contribution >= 4 is 17.8 Å². The maximum atomic E-state index is 12.2. The number of fused-ring (bicyclic) bond motifs is 1. The summed E-state index contributed by atoms with van der Waals surface area (Å²) in [4.78, 5) is 26.5. The summed E-state index contributed by atoms with van der Waals surface area (Å²) < 4.78 is 0. The quantitative estimate of drug-likeness (QED) is 0.827. The molecule has 1 fully saturated rings. The van der Waals surface area contributed by atoms with E-state index in [1.165, 1.54) is 4.90 Å². The van der Waals surface area contributed by atoms with Gasteiger partial charge in [0.2, 0.25) is 0 Å². The third-order valence-corrected chi connectivity index (χ3v) is 3.94. The lowest BCUT2D eigenvalue weighted by Gasteiger charge is -2.42. The van der Waals surface area contributed by atoms with Crippen LogP contribution >= 0.6 is 0 Å². The van der Waals surface area contributed by atoms with Crippen LogP contribution < -0.4 is 5.32 Å². The molecule has 2 heterocycles. The maximum absolute atomic E-state index is 12.2. The molecule has 1 unspecified atom stereocenters. The third-order valence-electron chi connectivity index (χ3n) is 3.94. The molecule has 2 aliphatic rings. The second-order valence-electron chi connectivity index (χ2n) is 5.17. The molecule has 0 saturated carbocycles. The largest absolute Gasteiger partial charge is 0.465 e. The summed E-state index contributed by atoms with van der Waals surface area (Å²) in [5.41, 5.74) is 1.83. The zero-order valence-corrected chi connectivity index (χ0v) is 11.1. The smallest absolute Gasteiger partial charge is 0.408 e. The molecule has 0 aliphatic carbocycles. The predicted octanol–water partition coefficient (Wildman–Crippen LogP) is 2.52. The number of piperidine rings is 1. The minimum absolute atomic E-state index is 0.221. The molecular weight excluding hydrogens is 258 g/mol. The summed E-state index contributed by atoms with van der Waals surface area (Å²) >= 11 is 0. The van der Waals surface area contributed by atoms with Crippen LogP contribution in [0.4, 0.5) is 15.3 Å².